The summed E-state index contributed by atoms with van der Waals surface area (Å²) in [6.07, 6.45) is 3.22. The molecule has 94 valence electrons. The third kappa shape index (κ3) is 2.80. The molecular formula is C11H12N4O2S. The van der Waals surface area contributed by atoms with Gasteiger partial charge in [-0.1, -0.05) is 0 Å². The van der Waals surface area contributed by atoms with Crippen molar-refractivity contribution in [2.24, 2.45) is 0 Å². The van der Waals surface area contributed by atoms with Crippen LogP contribution in [0.1, 0.15) is 22.9 Å². The van der Waals surface area contributed by atoms with Crippen molar-refractivity contribution in [1.29, 1.82) is 0 Å². The molecule has 6 nitrogen and oxygen atoms in total. The Bertz CT molecular complexity index is 570. The van der Waals surface area contributed by atoms with Crippen LogP contribution < -0.4 is 5.32 Å². The Hall–Kier alpha value is -2.02. The van der Waals surface area contributed by atoms with Crippen molar-refractivity contribution < 1.29 is 4.92 Å². The van der Waals surface area contributed by atoms with Gasteiger partial charge in [0.1, 0.15) is 10.8 Å². The lowest BCUT2D eigenvalue weighted by Crippen LogP contribution is -2.07. The monoisotopic (exact) mass is 264 g/mol. The second-order valence-corrected chi connectivity index (χ2v) is 5.10. The summed E-state index contributed by atoms with van der Waals surface area (Å²) >= 11 is 1.59. The number of anilines is 1. The largest absolute Gasteiger partial charge is 0.361 e. The molecule has 2 rings (SSSR count). The minimum Gasteiger partial charge on any atom is -0.361 e. The molecule has 0 aromatic carbocycles. The van der Waals surface area contributed by atoms with Gasteiger partial charge in [-0.15, -0.1) is 11.3 Å². The predicted octanol–water partition coefficient (Wildman–Crippen LogP) is 2.93. The Balaban J connectivity index is 2.14. The van der Waals surface area contributed by atoms with Crippen LogP contribution in [0.2, 0.25) is 0 Å². The van der Waals surface area contributed by atoms with Gasteiger partial charge in [-0.2, -0.15) is 0 Å². The molecule has 0 saturated carbocycles. The molecular weight excluding hydrogens is 252 g/mol. The highest BCUT2D eigenvalue weighted by Crippen LogP contribution is 2.23. The molecule has 18 heavy (non-hydrogen) atoms. The lowest BCUT2D eigenvalue weighted by Gasteiger charge is -2.11. The van der Waals surface area contributed by atoms with Gasteiger partial charge in [0.25, 0.3) is 5.69 Å². The van der Waals surface area contributed by atoms with Crippen LogP contribution in [0.4, 0.5) is 11.5 Å². The van der Waals surface area contributed by atoms with Gasteiger partial charge in [0, 0.05) is 23.3 Å². The van der Waals surface area contributed by atoms with Crippen molar-refractivity contribution in [3.05, 3.63) is 44.5 Å². The molecule has 0 fully saturated rings. The maximum Gasteiger partial charge on any atom is 0.274 e. The zero-order valence-corrected chi connectivity index (χ0v) is 10.8. The van der Waals surface area contributed by atoms with Gasteiger partial charge < -0.3 is 5.32 Å². The van der Waals surface area contributed by atoms with E-state index < -0.39 is 4.92 Å². The van der Waals surface area contributed by atoms with Crippen molar-refractivity contribution in [2.75, 3.05) is 5.32 Å². The maximum absolute atomic E-state index is 10.7. The fourth-order valence-electron chi connectivity index (χ4n) is 1.47. The van der Waals surface area contributed by atoms with E-state index in [0.717, 1.165) is 9.88 Å². The molecule has 0 bridgehead atoms. The third-order valence-corrected chi connectivity index (χ3v) is 3.42. The second-order valence-electron chi connectivity index (χ2n) is 3.83. The van der Waals surface area contributed by atoms with Crippen LogP contribution in [-0.4, -0.2) is 14.9 Å². The number of hydrogen-bond acceptors (Lipinski definition) is 6. The quantitative estimate of drug-likeness (QED) is 0.678. The Morgan fingerprint density at radius 1 is 1.50 bits per heavy atom. The zero-order chi connectivity index (χ0) is 13.1. The van der Waals surface area contributed by atoms with E-state index in [1.165, 1.54) is 18.3 Å². The Morgan fingerprint density at radius 2 is 2.28 bits per heavy atom. The number of aromatic nitrogens is 2. The lowest BCUT2D eigenvalue weighted by atomic mass is 10.3. The van der Waals surface area contributed by atoms with E-state index in [-0.39, 0.29) is 11.7 Å². The molecule has 1 unspecified atom stereocenters. The maximum atomic E-state index is 10.7. The van der Waals surface area contributed by atoms with Crippen LogP contribution >= 0.6 is 11.3 Å². The first-order valence-electron chi connectivity index (χ1n) is 5.35. The van der Waals surface area contributed by atoms with Crippen LogP contribution in [0.5, 0.6) is 0 Å². The molecule has 0 saturated heterocycles. The summed E-state index contributed by atoms with van der Waals surface area (Å²) in [7, 11) is 0. The van der Waals surface area contributed by atoms with Gasteiger partial charge in [-0.05, 0) is 13.8 Å². The number of rotatable bonds is 4. The fourth-order valence-corrected chi connectivity index (χ4v) is 2.24. The average Bonchev–Trinajstić information content (AvgIpc) is 2.76. The third-order valence-electron chi connectivity index (χ3n) is 2.33. The van der Waals surface area contributed by atoms with Crippen molar-refractivity contribution in [2.45, 2.75) is 19.9 Å². The summed E-state index contributed by atoms with van der Waals surface area (Å²) in [5, 5.41) is 14.7. The molecule has 7 heteroatoms. The summed E-state index contributed by atoms with van der Waals surface area (Å²) in [6.45, 7) is 3.93. The van der Waals surface area contributed by atoms with Gasteiger partial charge in [0.2, 0.25) is 0 Å². The second kappa shape index (κ2) is 5.09. The summed E-state index contributed by atoms with van der Waals surface area (Å²) in [5.41, 5.74) is 0.0232. The van der Waals surface area contributed by atoms with Crippen molar-refractivity contribution in [1.82, 2.24) is 9.97 Å². The molecule has 2 aromatic heterocycles. The van der Waals surface area contributed by atoms with E-state index in [2.05, 4.69) is 15.3 Å². The van der Waals surface area contributed by atoms with Crippen molar-refractivity contribution in [3.8, 4) is 0 Å². The van der Waals surface area contributed by atoms with E-state index in [0.29, 0.717) is 5.82 Å². The Labute approximate surface area is 108 Å². The molecule has 0 aliphatic carbocycles. The van der Waals surface area contributed by atoms with E-state index in [1.807, 2.05) is 13.8 Å². The molecule has 2 heterocycles. The molecule has 0 amide bonds. The van der Waals surface area contributed by atoms with Gasteiger partial charge >= 0.3 is 0 Å². The van der Waals surface area contributed by atoms with E-state index >= 15 is 0 Å². The Morgan fingerprint density at radius 3 is 2.89 bits per heavy atom. The van der Waals surface area contributed by atoms with Crippen LogP contribution in [0.15, 0.2) is 24.5 Å². The van der Waals surface area contributed by atoms with Gasteiger partial charge in [-0.25, -0.2) is 9.97 Å². The van der Waals surface area contributed by atoms with Gasteiger partial charge in [-0.3, -0.25) is 10.1 Å². The predicted molar refractivity (Wildman–Crippen MR) is 69.8 cm³/mol. The van der Waals surface area contributed by atoms with Crippen molar-refractivity contribution >= 4 is 22.8 Å². The summed E-state index contributed by atoms with van der Waals surface area (Å²) in [6, 6.07) is 2.75. The summed E-state index contributed by atoms with van der Waals surface area (Å²) in [4.78, 5) is 19.7. The first-order chi connectivity index (χ1) is 8.56. The Kier molecular flexibility index (Phi) is 3.52. The van der Waals surface area contributed by atoms with Gasteiger partial charge in [0.05, 0.1) is 17.0 Å². The highest BCUT2D eigenvalue weighted by Gasteiger charge is 2.12. The highest BCUT2D eigenvalue weighted by atomic mass is 32.1. The summed E-state index contributed by atoms with van der Waals surface area (Å²) in [5.74, 6) is 0.476. The first kappa shape index (κ1) is 12.4. The molecule has 0 aliphatic heterocycles. The van der Waals surface area contributed by atoms with E-state index in [1.54, 1.807) is 17.5 Å². The van der Waals surface area contributed by atoms with Crippen LogP contribution in [0, 0.1) is 17.0 Å². The lowest BCUT2D eigenvalue weighted by molar-refractivity contribution is -0.384. The number of thiazole rings is 1. The number of nitro groups is 1. The minimum atomic E-state index is -0.439. The van der Waals surface area contributed by atoms with Gasteiger partial charge in [0.15, 0.2) is 0 Å². The topological polar surface area (TPSA) is 81.0 Å². The molecule has 2 aromatic rings. The number of aryl methyl sites for hydroxylation is 1. The van der Waals surface area contributed by atoms with Crippen LogP contribution in [-0.2, 0) is 0 Å². The zero-order valence-electron chi connectivity index (χ0n) is 9.95. The highest BCUT2D eigenvalue weighted by molar-refractivity contribution is 7.11. The minimum absolute atomic E-state index is 0.0232. The fraction of sp³-hybridized carbons (Fsp3) is 0.273. The molecule has 0 spiro atoms. The number of nitrogens with one attached hydrogen (secondary N) is 1. The first-order valence-corrected chi connectivity index (χ1v) is 6.17. The van der Waals surface area contributed by atoms with Crippen LogP contribution in [0.3, 0.4) is 0 Å². The molecule has 1 atom stereocenters. The molecule has 0 aliphatic rings. The number of hydrogen-bond donors (Lipinski definition) is 1. The van der Waals surface area contributed by atoms with Crippen LogP contribution in [0.25, 0.3) is 0 Å². The normalized spacial score (nSPS) is 12.1. The summed E-state index contributed by atoms with van der Waals surface area (Å²) < 4.78 is 0. The molecule has 1 N–H and O–H groups in total. The van der Waals surface area contributed by atoms with Crippen molar-refractivity contribution in [3.63, 3.8) is 0 Å². The van der Waals surface area contributed by atoms with E-state index in [9.17, 15) is 10.1 Å². The van der Waals surface area contributed by atoms with E-state index in [4.69, 9.17) is 0 Å². The average molecular weight is 264 g/mol. The standard InChI is InChI=1S/C11H12N4O2S/c1-7-6-13-11(18-7)8(2)14-10-5-9(15(16)17)3-4-12-10/h3-6,8H,1-2H3,(H,12,14). The number of nitrogens with zero attached hydrogens (tertiary/aromatic N) is 3. The number of pyridine rings is 1. The molecule has 0 radical (unpaired) electrons. The smallest absolute Gasteiger partial charge is 0.274 e. The SMILES string of the molecule is Cc1cnc(C(C)Nc2cc([N+](=O)[O-])ccn2)s1.